The number of hydrogen-bond donors (Lipinski definition) is 0. The summed E-state index contributed by atoms with van der Waals surface area (Å²) in [6.07, 6.45) is -0.535. The van der Waals surface area contributed by atoms with Crippen LogP contribution >= 0.6 is 0 Å². The summed E-state index contributed by atoms with van der Waals surface area (Å²) < 4.78 is 12.1. The van der Waals surface area contributed by atoms with Gasteiger partial charge in [-0.1, -0.05) is 6.92 Å². The number of nitrogens with zero attached hydrogens (tertiary/aromatic N) is 1. The van der Waals surface area contributed by atoms with E-state index in [9.17, 15) is 4.39 Å². The number of nitriles is 1. The molecule has 2 heteroatoms. The summed E-state index contributed by atoms with van der Waals surface area (Å²) in [6.45, 7) is 3.20. The van der Waals surface area contributed by atoms with Crippen LogP contribution in [-0.2, 0) is 0 Å². The highest BCUT2D eigenvalue weighted by atomic mass is 19.1. The van der Waals surface area contributed by atoms with Gasteiger partial charge in [-0.25, -0.2) is 4.39 Å². The molecule has 0 spiro atoms. The SMILES string of the molecule is CC(CC#N)[C@@H](C)F. The molecule has 0 N–H and O–H groups in total. The predicted octanol–water partition coefficient (Wildman–Crippen LogP) is 1.89. The lowest BCUT2D eigenvalue weighted by Gasteiger charge is -2.05. The topological polar surface area (TPSA) is 23.8 Å². The van der Waals surface area contributed by atoms with E-state index >= 15 is 0 Å². The Morgan fingerprint density at radius 2 is 2.12 bits per heavy atom. The number of rotatable bonds is 2. The van der Waals surface area contributed by atoms with Gasteiger partial charge in [-0.15, -0.1) is 0 Å². The molecule has 0 aromatic rings. The fourth-order valence-corrected chi connectivity index (χ4v) is 0.306. The van der Waals surface area contributed by atoms with E-state index in [2.05, 4.69) is 0 Å². The van der Waals surface area contributed by atoms with Crippen LogP contribution in [0.1, 0.15) is 20.3 Å². The number of halogens is 1. The van der Waals surface area contributed by atoms with Gasteiger partial charge in [-0.3, -0.25) is 0 Å². The first kappa shape index (κ1) is 7.42. The second-order valence-corrected chi connectivity index (χ2v) is 2.02. The lowest BCUT2D eigenvalue weighted by atomic mass is 10.1. The van der Waals surface area contributed by atoms with Crippen LogP contribution in [0.5, 0.6) is 0 Å². The maximum Gasteiger partial charge on any atom is 0.101 e. The van der Waals surface area contributed by atoms with Gasteiger partial charge in [0, 0.05) is 6.42 Å². The summed E-state index contributed by atoms with van der Waals surface area (Å²) in [5.41, 5.74) is 0. The molecule has 0 radical (unpaired) electrons. The van der Waals surface area contributed by atoms with E-state index in [4.69, 9.17) is 5.26 Å². The van der Waals surface area contributed by atoms with Crippen molar-refractivity contribution in [3.63, 3.8) is 0 Å². The van der Waals surface area contributed by atoms with Crippen molar-refractivity contribution >= 4 is 0 Å². The third-order valence-electron chi connectivity index (χ3n) is 1.20. The molecule has 0 bridgehead atoms. The van der Waals surface area contributed by atoms with Crippen LogP contribution in [0.2, 0.25) is 0 Å². The standard InChI is InChI=1S/C6H10FN/c1-5(3-4-8)6(2)7/h5-6H,3H2,1-2H3/t5?,6-/m1/s1. The van der Waals surface area contributed by atoms with Crippen LogP contribution in [0.3, 0.4) is 0 Å². The molecule has 0 rings (SSSR count). The van der Waals surface area contributed by atoms with Crippen LogP contribution in [-0.4, -0.2) is 6.17 Å². The Labute approximate surface area is 49.1 Å². The lowest BCUT2D eigenvalue weighted by molar-refractivity contribution is 0.267. The van der Waals surface area contributed by atoms with Gasteiger partial charge in [-0.05, 0) is 12.8 Å². The minimum absolute atomic E-state index is 0.111. The van der Waals surface area contributed by atoms with E-state index in [-0.39, 0.29) is 5.92 Å². The third-order valence-corrected chi connectivity index (χ3v) is 1.20. The monoisotopic (exact) mass is 115 g/mol. The van der Waals surface area contributed by atoms with Crippen molar-refractivity contribution in [3.8, 4) is 6.07 Å². The number of hydrogen-bond acceptors (Lipinski definition) is 1. The maximum absolute atomic E-state index is 12.1. The van der Waals surface area contributed by atoms with Crippen molar-refractivity contribution in [3.05, 3.63) is 0 Å². The van der Waals surface area contributed by atoms with Crippen molar-refractivity contribution in [1.82, 2.24) is 0 Å². The summed E-state index contributed by atoms with van der Waals surface area (Å²) >= 11 is 0. The molecule has 8 heavy (non-hydrogen) atoms. The molecule has 46 valence electrons. The van der Waals surface area contributed by atoms with Crippen LogP contribution in [0.15, 0.2) is 0 Å². The largest absolute Gasteiger partial charge is 0.247 e. The highest BCUT2D eigenvalue weighted by molar-refractivity contribution is 4.75. The van der Waals surface area contributed by atoms with Gasteiger partial charge in [0.2, 0.25) is 0 Å². The normalized spacial score (nSPS) is 16.8. The first-order valence-corrected chi connectivity index (χ1v) is 2.69. The first-order valence-electron chi connectivity index (χ1n) is 2.69. The molecular weight excluding hydrogens is 105 g/mol. The molecule has 0 fully saturated rings. The summed E-state index contributed by atoms with van der Waals surface area (Å²) in [4.78, 5) is 0. The molecule has 0 aromatic carbocycles. The Balaban J connectivity index is 3.35. The zero-order chi connectivity index (χ0) is 6.57. The van der Waals surface area contributed by atoms with E-state index < -0.39 is 6.17 Å². The predicted molar refractivity (Wildman–Crippen MR) is 30.0 cm³/mol. The Kier molecular flexibility index (Phi) is 3.18. The molecule has 0 amide bonds. The van der Waals surface area contributed by atoms with Crippen LogP contribution in [0.25, 0.3) is 0 Å². The van der Waals surface area contributed by atoms with Gasteiger partial charge in [0.1, 0.15) is 6.17 Å². The van der Waals surface area contributed by atoms with Gasteiger partial charge in [0.25, 0.3) is 0 Å². The Hall–Kier alpha value is -0.580. The molecule has 0 aliphatic heterocycles. The molecular formula is C6H10FN. The summed E-state index contributed by atoms with van der Waals surface area (Å²) in [7, 11) is 0. The minimum Gasteiger partial charge on any atom is -0.247 e. The van der Waals surface area contributed by atoms with Crippen molar-refractivity contribution in [2.24, 2.45) is 5.92 Å². The van der Waals surface area contributed by atoms with Crippen molar-refractivity contribution in [2.45, 2.75) is 26.4 Å². The van der Waals surface area contributed by atoms with Crippen molar-refractivity contribution in [2.75, 3.05) is 0 Å². The van der Waals surface area contributed by atoms with Crippen molar-refractivity contribution in [1.29, 1.82) is 5.26 Å². The van der Waals surface area contributed by atoms with E-state index in [0.717, 1.165) is 0 Å². The van der Waals surface area contributed by atoms with E-state index in [0.29, 0.717) is 6.42 Å². The minimum atomic E-state index is -0.852. The fourth-order valence-electron chi connectivity index (χ4n) is 0.306. The van der Waals surface area contributed by atoms with Gasteiger partial charge < -0.3 is 0 Å². The van der Waals surface area contributed by atoms with Gasteiger partial charge in [-0.2, -0.15) is 5.26 Å². The molecule has 1 unspecified atom stereocenters. The highest BCUT2D eigenvalue weighted by Gasteiger charge is 2.08. The fraction of sp³-hybridized carbons (Fsp3) is 0.833. The van der Waals surface area contributed by atoms with Gasteiger partial charge in [0.15, 0.2) is 0 Å². The van der Waals surface area contributed by atoms with E-state index in [1.54, 1.807) is 6.92 Å². The Bertz CT molecular complexity index is 93.2. The molecule has 0 saturated heterocycles. The third kappa shape index (κ3) is 2.57. The average Bonchev–Trinajstić information content (AvgIpc) is 1.67. The smallest absolute Gasteiger partial charge is 0.101 e. The van der Waals surface area contributed by atoms with E-state index in [1.165, 1.54) is 6.92 Å². The highest BCUT2D eigenvalue weighted by Crippen LogP contribution is 2.08. The van der Waals surface area contributed by atoms with Gasteiger partial charge >= 0.3 is 0 Å². The van der Waals surface area contributed by atoms with Gasteiger partial charge in [0.05, 0.1) is 6.07 Å². The molecule has 0 aliphatic rings. The lowest BCUT2D eigenvalue weighted by Crippen LogP contribution is -2.06. The first-order chi connectivity index (χ1) is 3.68. The molecule has 2 atom stereocenters. The van der Waals surface area contributed by atoms with Crippen LogP contribution in [0.4, 0.5) is 4.39 Å². The zero-order valence-corrected chi connectivity index (χ0v) is 5.19. The molecule has 0 aliphatic carbocycles. The quantitative estimate of drug-likeness (QED) is 0.539. The van der Waals surface area contributed by atoms with Crippen molar-refractivity contribution < 1.29 is 4.39 Å². The van der Waals surface area contributed by atoms with Crippen LogP contribution in [0, 0.1) is 17.2 Å². The maximum atomic E-state index is 12.1. The molecule has 1 nitrogen and oxygen atoms in total. The summed E-state index contributed by atoms with van der Waals surface area (Å²) in [5, 5.41) is 8.07. The Morgan fingerprint density at radius 1 is 1.62 bits per heavy atom. The van der Waals surface area contributed by atoms with E-state index in [1.807, 2.05) is 6.07 Å². The Morgan fingerprint density at radius 3 is 2.25 bits per heavy atom. The number of alkyl halides is 1. The molecule has 0 aromatic heterocycles. The molecule has 0 heterocycles. The summed E-state index contributed by atoms with van der Waals surface area (Å²) in [5.74, 6) is -0.111. The average molecular weight is 115 g/mol. The summed E-state index contributed by atoms with van der Waals surface area (Å²) in [6, 6.07) is 1.91. The zero-order valence-electron chi connectivity index (χ0n) is 5.19. The second kappa shape index (κ2) is 3.43. The molecule has 0 saturated carbocycles. The van der Waals surface area contributed by atoms with Crippen LogP contribution < -0.4 is 0 Å². The second-order valence-electron chi connectivity index (χ2n) is 2.02.